The van der Waals surface area contributed by atoms with Crippen LogP contribution < -0.4 is 4.74 Å². The Morgan fingerprint density at radius 3 is 2.52 bits per heavy atom. The number of fused-ring (bicyclic) bond motifs is 1. The number of Topliss-reactive ketones (excluding diaryl/α,β-unsaturated/α-hetero) is 1. The van der Waals surface area contributed by atoms with Gasteiger partial charge >= 0.3 is 0 Å². The molecular weight excluding hydrogens is 268 g/mol. The van der Waals surface area contributed by atoms with Gasteiger partial charge in [-0.1, -0.05) is 0 Å². The van der Waals surface area contributed by atoms with E-state index in [-0.39, 0.29) is 5.78 Å². The van der Waals surface area contributed by atoms with Gasteiger partial charge in [0.15, 0.2) is 5.78 Å². The van der Waals surface area contributed by atoms with E-state index < -0.39 is 0 Å². The number of aryl methyl sites for hydroxylation is 2. The number of benzene rings is 1. The highest BCUT2D eigenvalue weighted by Crippen LogP contribution is 2.32. The van der Waals surface area contributed by atoms with E-state index in [4.69, 9.17) is 9.15 Å². The minimum atomic E-state index is 0.0206. The molecule has 0 aliphatic heterocycles. The number of aromatic nitrogens is 2. The number of ether oxygens (including phenoxy) is 1. The summed E-state index contributed by atoms with van der Waals surface area (Å²) in [5.41, 5.74) is 2.11. The minimum Gasteiger partial charge on any atom is -0.443 e. The Bertz CT molecular complexity index is 819. The van der Waals surface area contributed by atoms with Gasteiger partial charge in [-0.2, -0.15) is 0 Å². The van der Waals surface area contributed by atoms with Crippen molar-refractivity contribution < 1.29 is 13.9 Å². The summed E-state index contributed by atoms with van der Waals surface area (Å²) in [5, 5.41) is 0.769. The SMILES string of the molecule is CC(=O)c1ccc(Oc2ncnc3oc(C)c(C)c23)cc1. The van der Waals surface area contributed by atoms with Gasteiger partial charge in [0.1, 0.15) is 23.2 Å². The van der Waals surface area contributed by atoms with Crippen LogP contribution in [-0.2, 0) is 0 Å². The monoisotopic (exact) mass is 282 g/mol. The Kier molecular flexibility index (Phi) is 3.17. The Hall–Kier alpha value is -2.69. The Balaban J connectivity index is 2.00. The van der Waals surface area contributed by atoms with E-state index in [1.165, 1.54) is 13.3 Å². The maximum Gasteiger partial charge on any atom is 0.233 e. The molecule has 0 radical (unpaired) electrons. The quantitative estimate of drug-likeness (QED) is 0.683. The molecule has 2 aromatic heterocycles. The van der Waals surface area contributed by atoms with Crippen molar-refractivity contribution in [2.75, 3.05) is 0 Å². The lowest BCUT2D eigenvalue weighted by Gasteiger charge is -2.06. The highest BCUT2D eigenvalue weighted by atomic mass is 16.5. The molecule has 0 spiro atoms. The molecule has 0 amide bonds. The van der Waals surface area contributed by atoms with E-state index in [0.717, 1.165) is 16.7 Å². The van der Waals surface area contributed by atoms with Gasteiger partial charge in [-0.3, -0.25) is 4.79 Å². The predicted octanol–water partition coefficient (Wildman–Crippen LogP) is 3.83. The second kappa shape index (κ2) is 5.01. The molecule has 0 bridgehead atoms. The van der Waals surface area contributed by atoms with Crippen LogP contribution in [0.4, 0.5) is 0 Å². The van der Waals surface area contributed by atoms with Gasteiger partial charge in [-0.15, -0.1) is 0 Å². The summed E-state index contributed by atoms with van der Waals surface area (Å²) in [7, 11) is 0. The van der Waals surface area contributed by atoms with Crippen LogP contribution in [0.1, 0.15) is 28.6 Å². The van der Waals surface area contributed by atoms with Gasteiger partial charge in [0.2, 0.25) is 11.6 Å². The van der Waals surface area contributed by atoms with Crippen LogP contribution in [0.15, 0.2) is 35.0 Å². The first-order chi connectivity index (χ1) is 10.1. The Morgan fingerprint density at radius 1 is 1.14 bits per heavy atom. The summed E-state index contributed by atoms with van der Waals surface area (Å²) in [5.74, 6) is 1.87. The van der Waals surface area contributed by atoms with Gasteiger partial charge in [-0.25, -0.2) is 9.97 Å². The van der Waals surface area contributed by atoms with Crippen molar-refractivity contribution in [2.24, 2.45) is 0 Å². The molecule has 0 atom stereocenters. The zero-order chi connectivity index (χ0) is 15.0. The van der Waals surface area contributed by atoms with Crippen LogP contribution in [-0.4, -0.2) is 15.8 Å². The van der Waals surface area contributed by atoms with Crippen molar-refractivity contribution in [3.8, 4) is 11.6 Å². The van der Waals surface area contributed by atoms with Crippen molar-refractivity contribution in [2.45, 2.75) is 20.8 Å². The summed E-state index contributed by atoms with van der Waals surface area (Å²) in [6.45, 7) is 5.35. The molecule has 5 nitrogen and oxygen atoms in total. The van der Waals surface area contributed by atoms with Crippen molar-refractivity contribution in [1.82, 2.24) is 9.97 Å². The van der Waals surface area contributed by atoms with Crippen LogP contribution >= 0.6 is 0 Å². The first-order valence-corrected chi connectivity index (χ1v) is 6.56. The van der Waals surface area contributed by atoms with E-state index in [2.05, 4.69) is 9.97 Å². The average Bonchev–Trinajstić information content (AvgIpc) is 2.76. The van der Waals surface area contributed by atoms with E-state index in [1.54, 1.807) is 24.3 Å². The third-order valence-electron chi connectivity index (χ3n) is 3.41. The van der Waals surface area contributed by atoms with Gasteiger partial charge in [-0.05, 0) is 45.0 Å². The van der Waals surface area contributed by atoms with E-state index in [0.29, 0.717) is 22.9 Å². The average molecular weight is 282 g/mol. The molecule has 0 saturated heterocycles. The van der Waals surface area contributed by atoms with Crippen molar-refractivity contribution in [1.29, 1.82) is 0 Å². The van der Waals surface area contributed by atoms with Gasteiger partial charge in [0.25, 0.3) is 0 Å². The van der Waals surface area contributed by atoms with E-state index in [9.17, 15) is 4.79 Å². The number of hydrogen-bond acceptors (Lipinski definition) is 5. The molecule has 0 unspecified atom stereocenters. The normalized spacial score (nSPS) is 10.8. The number of carbonyl (C=O) groups excluding carboxylic acids is 1. The predicted molar refractivity (Wildman–Crippen MR) is 77.8 cm³/mol. The lowest BCUT2D eigenvalue weighted by atomic mass is 10.1. The minimum absolute atomic E-state index is 0.0206. The zero-order valence-corrected chi connectivity index (χ0v) is 12.0. The topological polar surface area (TPSA) is 65.2 Å². The van der Waals surface area contributed by atoms with Crippen LogP contribution in [0.5, 0.6) is 11.6 Å². The van der Waals surface area contributed by atoms with Crippen molar-refractivity contribution in [3.63, 3.8) is 0 Å². The molecule has 0 N–H and O–H groups in total. The van der Waals surface area contributed by atoms with Gasteiger partial charge in [0.05, 0.1) is 0 Å². The van der Waals surface area contributed by atoms with Gasteiger partial charge < -0.3 is 9.15 Å². The fraction of sp³-hybridized carbons (Fsp3) is 0.188. The molecule has 106 valence electrons. The number of ketones is 1. The molecule has 3 aromatic rings. The number of nitrogens with zero attached hydrogens (tertiary/aromatic N) is 2. The number of furan rings is 1. The summed E-state index contributed by atoms with van der Waals surface area (Å²) < 4.78 is 11.3. The third-order valence-corrected chi connectivity index (χ3v) is 3.41. The summed E-state index contributed by atoms with van der Waals surface area (Å²) in [6.07, 6.45) is 1.41. The molecule has 0 aliphatic carbocycles. The molecular formula is C16H14N2O3. The van der Waals surface area contributed by atoms with Gasteiger partial charge in [0, 0.05) is 11.1 Å². The lowest BCUT2D eigenvalue weighted by Crippen LogP contribution is -1.93. The lowest BCUT2D eigenvalue weighted by molar-refractivity contribution is 0.101. The van der Waals surface area contributed by atoms with Crippen LogP contribution in [0, 0.1) is 13.8 Å². The highest BCUT2D eigenvalue weighted by Gasteiger charge is 2.15. The second-order valence-electron chi connectivity index (χ2n) is 4.82. The zero-order valence-electron chi connectivity index (χ0n) is 12.0. The largest absolute Gasteiger partial charge is 0.443 e. The molecule has 5 heteroatoms. The third kappa shape index (κ3) is 2.38. The highest BCUT2D eigenvalue weighted by molar-refractivity contribution is 5.94. The molecule has 0 aliphatic rings. The standard InChI is InChI=1S/C16H14N2O3/c1-9-11(3)20-15-14(9)16(18-8-17-15)21-13-6-4-12(5-7-13)10(2)19/h4-8H,1-3H3. The summed E-state index contributed by atoms with van der Waals surface area (Å²) in [6, 6.07) is 6.94. The van der Waals surface area contributed by atoms with Crippen LogP contribution in [0.25, 0.3) is 11.1 Å². The Morgan fingerprint density at radius 2 is 1.86 bits per heavy atom. The molecule has 1 aromatic carbocycles. The summed E-state index contributed by atoms with van der Waals surface area (Å²) in [4.78, 5) is 19.5. The maximum absolute atomic E-state index is 11.3. The molecule has 21 heavy (non-hydrogen) atoms. The Labute approximate surface area is 121 Å². The fourth-order valence-electron chi connectivity index (χ4n) is 2.10. The van der Waals surface area contributed by atoms with E-state index >= 15 is 0 Å². The second-order valence-corrected chi connectivity index (χ2v) is 4.82. The molecule has 0 saturated carbocycles. The first-order valence-electron chi connectivity index (χ1n) is 6.56. The van der Waals surface area contributed by atoms with Crippen molar-refractivity contribution in [3.05, 3.63) is 47.5 Å². The number of rotatable bonds is 3. The summed E-state index contributed by atoms with van der Waals surface area (Å²) >= 11 is 0. The molecule has 3 rings (SSSR count). The molecule has 0 fully saturated rings. The first kappa shape index (κ1) is 13.3. The fourth-order valence-corrected chi connectivity index (χ4v) is 2.10. The van der Waals surface area contributed by atoms with Crippen LogP contribution in [0.3, 0.4) is 0 Å². The van der Waals surface area contributed by atoms with Crippen LogP contribution in [0.2, 0.25) is 0 Å². The number of carbonyl (C=O) groups is 1. The maximum atomic E-state index is 11.3. The smallest absolute Gasteiger partial charge is 0.233 e. The van der Waals surface area contributed by atoms with Crippen molar-refractivity contribution >= 4 is 16.9 Å². The molecule has 2 heterocycles. The van der Waals surface area contributed by atoms with E-state index in [1.807, 2.05) is 13.8 Å². The number of hydrogen-bond donors (Lipinski definition) is 0.